The van der Waals surface area contributed by atoms with E-state index in [2.05, 4.69) is 0 Å². The molecule has 0 radical (unpaired) electrons. The molecule has 0 aliphatic carbocycles. The second-order valence-corrected chi connectivity index (χ2v) is 3.29. The Balaban J connectivity index is 2.51. The summed E-state index contributed by atoms with van der Waals surface area (Å²) >= 11 is 0. The van der Waals surface area contributed by atoms with E-state index in [0.717, 1.165) is 12.0 Å². The molecule has 3 heteroatoms. The molecule has 0 saturated heterocycles. The van der Waals surface area contributed by atoms with Gasteiger partial charge in [-0.15, -0.1) is 0 Å². The van der Waals surface area contributed by atoms with Gasteiger partial charge in [0, 0.05) is 6.42 Å². The Hall–Kier alpha value is -1.51. The number of hydrogen-bond acceptors (Lipinski definition) is 2. The Morgan fingerprint density at radius 3 is 3.08 bits per heavy atom. The maximum atomic E-state index is 11.0. The lowest BCUT2D eigenvalue weighted by Crippen LogP contribution is -2.13. The van der Waals surface area contributed by atoms with Gasteiger partial charge in [-0.1, -0.05) is 12.1 Å². The molecule has 3 nitrogen and oxygen atoms in total. The molecule has 2 N–H and O–H groups in total. The summed E-state index contributed by atoms with van der Waals surface area (Å²) in [6, 6.07) is 5.49. The van der Waals surface area contributed by atoms with Crippen molar-refractivity contribution in [3.8, 4) is 5.75 Å². The molecule has 2 rings (SSSR count). The number of nitrogens with two attached hydrogens (primary N) is 1. The van der Waals surface area contributed by atoms with E-state index >= 15 is 0 Å². The molecule has 1 aliphatic rings. The van der Waals surface area contributed by atoms with Gasteiger partial charge in [0.1, 0.15) is 11.9 Å². The van der Waals surface area contributed by atoms with Crippen molar-refractivity contribution in [1.29, 1.82) is 0 Å². The molecule has 0 spiro atoms. The van der Waals surface area contributed by atoms with Gasteiger partial charge in [0.25, 0.3) is 5.91 Å². The van der Waals surface area contributed by atoms with Gasteiger partial charge in [0.2, 0.25) is 0 Å². The van der Waals surface area contributed by atoms with Gasteiger partial charge in [0.15, 0.2) is 0 Å². The molecule has 1 aliphatic heterocycles. The van der Waals surface area contributed by atoms with Gasteiger partial charge in [-0.2, -0.15) is 0 Å². The largest absolute Gasteiger partial charge is 0.489 e. The normalized spacial score (nSPS) is 19.3. The number of hydrogen-bond donors (Lipinski definition) is 1. The molecule has 0 fully saturated rings. The van der Waals surface area contributed by atoms with E-state index in [1.54, 1.807) is 6.07 Å². The summed E-state index contributed by atoms with van der Waals surface area (Å²) in [7, 11) is 0. The molecule has 0 saturated carbocycles. The van der Waals surface area contributed by atoms with Gasteiger partial charge in [0.05, 0.1) is 5.56 Å². The number of carbonyl (C=O) groups is 1. The SMILES string of the molecule is C[C@H]1Cc2cccc(C(N)=O)c2O1. The van der Waals surface area contributed by atoms with Gasteiger partial charge in [-0.05, 0) is 18.6 Å². The summed E-state index contributed by atoms with van der Waals surface area (Å²) in [5.74, 6) is 0.244. The zero-order valence-corrected chi connectivity index (χ0v) is 7.41. The number of carbonyl (C=O) groups excluding carboxylic acids is 1. The number of primary amides is 1. The molecule has 0 bridgehead atoms. The van der Waals surface area contributed by atoms with Crippen molar-refractivity contribution in [2.24, 2.45) is 5.73 Å². The monoisotopic (exact) mass is 177 g/mol. The molecule has 1 aromatic carbocycles. The highest BCUT2D eigenvalue weighted by Crippen LogP contribution is 2.31. The average Bonchev–Trinajstić information content (AvgIpc) is 2.43. The molecule has 1 amide bonds. The molecule has 0 aromatic heterocycles. The summed E-state index contributed by atoms with van der Waals surface area (Å²) in [6.07, 6.45) is 1.01. The fraction of sp³-hybridized carbons (Fsp3) is 0.300. The Morgan fingerprint density at radius 2 is 2.38 bits per heavy atom. The zero-order chi connectivity index (χ0) is 9.42. The van der Waals surface area contributed by atoms with Crippen molar-refractivity contribution < 1.29 is 9.53 Å². The number of benzene rings is 1. The smallest absolute Gasteiger partial charge is 0.252 e. The van der Waals surface area contributed by atoms with E-state index in [0.29, 0.717) is 11.3 Å². The highest BCUT2D eigenvalue weighted by atomic mass is 16.5. The minimum absolute atomic E-state index is 0.149. The number of para-hydroxylation sites is 1. The Labute approximate surface area is 76.5 Å². The first-order chi connectivity index (χ1) is 6.18. The van der Waals surface area contributed by atoms with Crippen molar-refractivity contribution in [3.63, 3.8) is 0 Å². The van der Waals surface area contributed by atoms with Gasteiger partial charge >= 0.3 is 0 Å². The summed E-state index contributed by atoms with van der Waals surface area (Å²) in [5.41, 5.74) is 6.77. The number of rotatable bonds is 1. The summed E-state index contributed by atoms with van der Waals surface area (Å²) in [5, 5.41) is 0. The standard InChI is InChI=1S/C10H11NO2/c1-6-5-7-3-2-4-8(10(11)12)9(7)13-6/h2-4,6H,5H2,1H3,(H2,11,12)/t6-/m0/s1. The van der Waals surface area contributed by atoms with Crippen LogP contribution >= 0.6 is 0 Å². The van der Waals surface area contributed by atoms with Gasteiger partial charge < -0.3 is 10.5 Å². The third-order valence-corrected chi connectivity index (χ3v) is 2.19. The topological polar surface area (TPSA) is 52.3 Å². The van der Waals surface area contributed by atoms with Crippen molar-refractivity contribution in [2.75, 3.05) is 0 Å². The second kappa shape index (κ2) is 2.76. The highest BCUT2D eigenvalue weighted by molar-refractivity contribution is 5.96. The lowest BCUT2D eigenvalue weighted by Gasteiger charge is -2.05. The van der Waals surface area contributed by atoms with Gasteiger partial charge in [-0.3, -0.25) is 4.79 Å². The number of ether oxygens (including phenoxy) is 1. The fourth-order valence-electron chi connectivity index (χ4n) is 1.63. The lowest BCUT2D eigenvalue weighted by atomic mass is 10.1. The summed E-state index contributed by atoms with van der Waals surface area (Å²) < 4.78 is 5.50. The highest BCUT2D eigenvalue weighted by Gasteiger charge is 2.23. The zero-order valence-electron chi connectivity index (χ0n) is 7.41. The fourth-order valence-corrected chi connectivity index (χ4v) is 1.63. The van der Waals surface area contributed by atoms with Crippen molar-refractivity contribution in [2.45, 2.75) is 19.4 Å². The Bertz CT molecular complexity index is 360. The third-order valence-electron chi connectivity index (χ3n) is 2.19. The van der Waals surface area contributed by atoms with Crippen molar-refractivity contribution in [3.05, 3.63) is 29.3 Å². The first-order valence-electron chi connectivity index (χ1n) is 4.27. The predicted molar refractivity (Wildman–Crippen MR) is 48.8 cm³/mol. The number of amides is 1. The third kappa shape index (κ3) is 1.26. The van der Waals surface area contributed by atoms with Crippen molar-refractivity contribution in [1.82, 2.24) is 0 Å². The van der Waals surface area contributed by atoms with E-state index < -0.39 is 5.91 Å². The molecule has 1 aromatic rings. The van der Waals surface area contributed by atoms with E-state index in [9.17, 15) is 4.79 Å². The van der Waals surface area contributed by atoms with Crippen LogP contribution in [-0.2, 0) is 6.42 Å². The van der Waals surface area contributed by atoms with Crippen LogP contribution in [0.1, 0.15) is 22.8 Å². The minimum Gasteiger partial charge on any atom is -0.489 e. The Kier molecular flexibility index (Phi) is 1.72. The first kappa shape index (κ1) is 8.10. The minimum atomic E-state index is -0.425. The lowest BCUT2D eigenvalue weighted by molar-refractivity contribution is 0.0996. The van der Waals surface area contributed by atoms with Crippen LogP contribution in [0.25, 0.3) is 0 Å². The maximum Gasteiger partial charge on any atom is 0.252 e. The van der Waals surface area contributed by atoms with Crippen LogP contribution in [0, 0.1) is 0 Å². The van der Waals surface area contributed by atoms with E-state index in [-0.39, 0.29) is 6.10 Å². The van der Waals surface area contributed by atoms with Crippen molar-refractivity contribution >= 4 is 5.91 Å². The number of fused-ring (bicyclic) bond motifs is 1. The van der Waals surface area contributed by atoms with E-state index in [4.69, 9.17) is 10.5 Å². The van der Waals surface area contributed by atoms with Crippen LogP contribution in [-0.4, -0.2) is 12.0 Å². The Morgan fingerprint density at radius 1 is 1.62 bits per heavy atom. The quantitative estimate of drug-likeness (QED) is 0.698. The maximum absolute atomic E-state index is 11.0. The van der Waals surface area contributed by atoms with Gasteiger partial charge in [-0.25, -0.2) is 0 Å². The van der Waals surface area contributed by atoms with Crippen LogP contribution in [0.3, 0.4) is 0 Å². The molecule has 1 atom stereocenters. The van der Waals surface area contributed by atoms with Crippen LogP contribution in [0.15, 0.2) is 18.2 Å². The van der Waals surface area contributed by atoms with E-state index in [1.807, 2.05) is 19.1 Å². The molecule has 0 unspecified atom stereocenters. The average molecular weight is 177 g/mol. The van der Waals surface area contributed by atoms with Crippen LogP contribution in [0.2, 0.25) is 0 Å². The molecule has 1 heterocycles. The molecular weight excluding hydrogens is 166 g/mol. The van der Waals surface area contributed by atoms with Crippen LogP contribution in [0.4, 0.5) is 0 Å². The van der Waals surface area contributed by atoms with Crippen LogP contribution in [0.5, 0.6) is 5.75 Å². The first-order valence-corrected chi connectivity index (χ1v) is 4.27. The molecule has 13 heavy (non-hydrogen) atoms. The second-order valence-electron chi connectivity index (χ2n) is 3.29. The summed E-state index contributed by atoms with van der Waals surface area (Å²) in [6.45, 7) is 1.98. The summed E-state index contributed by atoms with van der Waals surface area (Å²) in [4.78, 5) is 11.0. The molecule has 68 valence electrons. The molecular formula is C10H11NO2. The van der Waals surface area contributed by atoms with E-state index in [1.165, 1.54) is 0 Å². The predicted octanol–water partition coefficient (Wildman–Crippen LogP) is 1.11. The van der Waals surface area contributed by atoms with Crippen LogP contribution < -0.4 is 10.5 Å².